The fourth-order valence-electron chi connectivity index (χ4n) is 8.11. The number of carbonyl (C=O) groups is 4. The Morgan fingerprint density at radius 1 is 0.712 bits per heavy atom. The van der Waals surface area contributed by atoms with E-state index in [0.717, 1.165) is 34.7 Å². The van der Waals surface area contributed by atoms with Gasteiger partial charge in [0.2, 0.25) is 11.8 Å². The molecule has 0 spiro atoms. The molecule has 5 N–H and O–H groups in total. The molecule has 59 heavy (non-hydrogen) atoms. The summed E-state index contributed by atoms with van der Waals surface area (Å²) in [6.07, 6.45) is 4.45. The normalized spacial score (nSPS) is 17.9. The Balaban J connectivity index is 0.997. The SMILES string of the molecule is COC(=O)N[C@H](C(=O)N1CCCC1c1nc2ncc(-c3ccc4cc(-c5cnc6nc([C@@H]7CCCN7C(=O)[C@@H](NC(=O)O)C(C)C)[nH]c6n5)ccc4c3)nc2[nH]1)C(C)C. The number of nitrogens with one attached hydrogen (secondary N) is 4. The molecule has 0 bridgehead atoms. The first-order valence-electron chi connectivity index (χ1n) is 19.8. The van der Waals surface area contributed by atoms with Crippen LogP contribution in [-0.2, 0) is 14.3 Å². The van der Waals surface area contributed by atoms with Crippen molar-refractivity contribution in [3.8, 4) is 22.5 Å². The molecule has 4 amide bonds. The van der Waals surface area contributed by atoms with Gasteiger partial charge in [-0.3, -0.25) is 9.59 Å². The van der Waals surface area contributed by atoms with Gasteiger partial charge >= 0.3 is 12.2 Å². The summed E-state index contributed by atoms with van der Waals surface area (Å²) in [4.78, 5) is 88.8. The van der Waals surface area contributed by atoms with Crippen LogP contribution in [-0.4, -0.2) is 111 Å². The Morgan fingerprint density at radius 3 is 1.59 bits per heavy atom. The lowest BCUT2D eigenvalue weighted by Gasteiger charge is -2.29. The van der Waals surface area contributed by atoms with Gasteiger partial charge in [0.1, 0.15) is 23.7 Å². The van der Waals surface area contributed by atoms with Gasteiger partial charge in [-0.05, 0) is 60.4 Å². The van der Waals surface area contributed by atoms with E-state index in [1.165, 1.54) is 7.11 Å². The number of hydrogen-bond acceptors (Lipinski definition) is 11. The number of fused-ring (bicyclic) bond motifs is 3. The lowest BCUT2D eigenvalue weighted by atomic mass is 10.0. The molecule has 8 rings (SSSR count). The second-order valence-electron chi connectivity index (χ2n) is 15.8. The molecule has 6 heterocycles. The van der Waals surface area contributed by atoms with Crippen LogP contribution in [0.1, 0.15) is 77.1 Å². The smallest absolute Gasteiger partial charge is 0.407 e. The fraction of sp³-hybridized carbons (Fsp3) is 0.415. The van der Waals surface area contributed by atoms with Gasteiger partial charge in [-0.2, -0.15) is 0 Å². The molecule has 2 aromatic carbocycles. The zero-order chi connectivity index (χ0) is 41.5. The Labute approximate surface area is 338 Å². The van der Waals surface area contributed by atoms with E-state index in [9.17, 15) is 24.3 Å². The maximum atomic E-state index is 13.6. The van der Waals surface area contributed by atoms with Crippen molar-refractivity contribution in [3.05, 3.63) is 60.4 Å². The molecule has 0 radical (unpaired) electrons. The van der Waals surface area contributed by atoms with Crippen LogP contribution < -0.4 is 10.6 Å². The number of carbonyl (C=O) groups excluding carboxylic acids is 3. The Hall–Kier alpha value is -6.72. The monoisotopic (exact) mass is 802 g/mol. The number of nitrogens with zero attached hydrogens (tertiary/aromatic N) is 8. The fourth-order valence-corrected chi connectivity index (χ4v) is 8.11. The highest BCUT2D eigenvalue weighted by Gasteiger charge is 2.39. The van der Waals surface area contributed by atoms with Crippen LogP contribution in [0.3, 0.4) is 0 Å². The summed E-state index contributed by atoms with van der Waals surface area (Å²) in [6, 6.07) is 9.84. The number of likely N-dealkylation sites (tertiary alicyclic amines) is 2. The highest BCUT2D eigenvalue weighted by Crippen LogP contribution is 2.35. The van der Waals surface area contributed by atoms with Crippen molar-refractivity contribution >= 4 is 57.4 Å². The summed E-state index contributed by atoms with van der Waals surface area (Å²) >= 11 is 0. The summed E-state index contributed by atoms with van der Waals surface area (Å²) < 4.78 is 4.76. The van der Waals surface area contributed by atoms with Crippen molar-refractivity contribution in [1.82, 2.24) is 60.3 Å². The number of methoxy groups -OCH3 is 1. The van der Waals surface area contributed by atoms with Crippen LogP contribution >= 0.6 is 0 Å². The standard InChI is InChI=1S/C41H46N12O6/c1-20(2)30(46-40(56)57)38(54)52-14-6-8-28(52)32-48-34-36(50-32)44-26(18-42-34)24-12-10-23-17-25(13-11-22(23)16-24)27-19-43-35-37(45-27)51-33(49-35)29-9-7-15-53(29)39(55)31(21(3)4)47-41(58)59-5/h10-13,16-21,28-31,46H,6-9,14-15H2,1-5H3,(H,47,58)(H,56,57)(H,42,44,48,50)(H,43,45,49,51)/t28-,29?,30-,31-/m0/s1. The molecule has 2 fully saturated rings. The second-order valence-corrected chi connectivity index (χ2v) is 15.8. The van der Waals surface area contributed by atoms with Gasteiger partial charge in [0.25, 0.3) is 0 Å². The van der Waals surface area contributed by atoms with Crippen LogP contribution in [0, 0.1) is 11.8 Å². The number of carboxylic acid groups (broad SMARTS) is 1. The van der Waals surface area contributed by atoms with E-state index in [1.807, 2.05) is 64.1 Å². The van der Waals surface area contributed by atoms with Crippen LogP contribution in [0.5, 0.6) is 0 Å². The van der Waals surface area contributed by atoms with E-state index in [-0.39, 0.29) is 35.7 Å². The summed E-state index contributed by atoms with van der Waals surface area (Å²) in [7, 11) is 1.27. The third-order valence-corrected chi connectivity index (χ3v) is 11.2. The van der Waals surface area contributed by atoms with E-state index in [0.29, 0.717) is 71.6 Å². The third kappa shape index (κ3) is 7.69. The lowest BCUT2D eigenvalue weighted by molar-refractivity contribution is -0.136. The predicted molar refractivity (Wildman–Crippen MR) is 217 cm³/mol. The Bertz CT molecular complexity index is 2590. The molecule has 2 aliphatic heterocycles. The van der Waals surface area contributed by atoms with Crippen LogP contribution in [0.2, 0.25) is 0 Å². The van der Waals surface area contributed by atoms with Crippen molar-refractivity contribution in [2.45, 2.75) is 77.5 Å². The van der Waals surface area contributed by atoms with Gasteiger partial charge in [0.15, 0.2) is 22.6 Å². The van der Waals surface area contributed by atoms with Crippen molar-refractivity contribution in [1.29, 1.82) is 0 Å². The molecular formula is C41H46N12O6. The number of hydrogen-bond donors (Lipinski definition) is 5. The highest BCUT2D eigenvalue weighted by molar-refractivity contribution is 5.91. The molecule has 2 aliphatic rings. The molecule has 306 valence electrons. The van der Waals surface area contributed by atoms with E-state index < -0.39 is 24.3 Å². The Morgan fingerprint density at radius 2 is 1.17 bits per heavy atom. The average molecular weight is 803 g/mol. The molecule has 18 heteroatoms. The molecule has 6 aromatic rings. The van der Waals surface area contributed by atoms with Crippen molar-refractivity contribution in [2.75, 3.05) is 20.2 Å². The first-order valence-corrected chi connectivity index (χ1v) is 19.8. The molecular weight excluding hydrogens is 757 g/mol. The first-order chi connectivity index (χ1) is 28.4. The maximum Gasteiger partial charge on any atom is 0.407 e. The minimum Gasteiger partial charge on any atom is -0.465 e. The molecule has 0 aliphatic carbocycles. The van der Waals surface area contributed by atoms with Gasteiger partial charge in [-0.1, -0.05) is 52.0 Å². The number of amides is 4. The van der Waals surface area contributed by atoms with Gasteiger partial charge in [-0.15, -0.1) is 0 Å². The molecule has 2 saturated heterocycles. The number of imidazole rings is 2. The molecule has 4 atom stereocenters. The minimum absolute atomic E-state index is 0.141. The van der Waals surface area contributed by atoms with E-state index in [1.54, 1.807) is 22.2 Å². The number of aromatic amines is 2. The Kier molecular flexibility index (Phi) is 10.5. The van der Waals surface area contributed by atoms with E-state index >= 15 is 0 Å². The van der Waals surface area contributed by atoms with Crippen LogP contribution in [0.15, 0.2) is 48.8 Å². The highest BCUT2D eigenvalue weighted by atomic mass is 16.5. The number of aromatic nitrogens is 8. The zero-order valence-corrected chi connectivity index (χ0v) is 33.4. The van der Waals surface area contributed by atoms with Gasteiger partial charge in [-0.25, -0.2) is 39.5 Å². The quantitative estimate of drug-likeness (QED) is 0.115. The maximum absolute atomic E-state index is 13.6. The van der Waals surface area contributed by atoms with E-state index in [2.05, 4.69) is 35.6 Å². The number of ether oxygens (including phenoxy) is 1. The first kappa shape index (κ1) is 39.1. The van der Waals surface area contributed by atoms with Crippen LogP contribution in [0.25, 0.3) is 55.9 Å². The number of benzene rings is 2. The van der Waals surface area contributed by atoms with E-state index in [4.69, 9.17) is 19.7 Å². The van der Waals surface area contributed by atoms with Crippen molar-refractivity contribution in [2.24, 2.45) is 11.8 Å². The van der Waals surface area contributed by atoms with Crippen LogP contribution in [0.4, 0.5) is 9.59 Å². The average Bonchev–Trinajstić information content (AvgIpc) is 4.05. The predicted octanol–water partition coefficient (Wildman–Crippen LogP) is 5.51. The largest absolute Gasteiger partial charge is 0.465 e. The number of alkyl carbamates (subject to hydrolysis) is 1. The second kappa shape index (κ2) is 15.9. The summed E-state index contributed by atoms with van der Waals surface area (Å²) in [5.41, 5.74) is 4.93. The molecule has 0 saturated carbocycles. The number of rotatable bonds is 10. The summed E-state index contributed by atoms with van der Waals surface area (Å²) in [6.45, 7) is 8.43. The molecule has 4 aromatic heterocycles. The zero-order valence-electron chi connectivity index (χ0n) is 33.4. The minimum atomic E-state index is -1.24. The molecule has 1 unspecified atom stereocenters. The third-order valence-electron chi connectivity index (χ3n) is 11.2. The summed E-state index contributed by atoms with van der Waals surface area (Å²) in [5.74, 6) is 0.346. The van der Waals surface area contributed by atoms with Crippen molar-refractivity contribution in [3.63, 3.8) is 0 Å². The van der Waals surface area contributed by atoms with Gasteiger partial charge in [0.05, 0.1) is 43.0 Å². The lowest BCUT2D eigenvalue weighted by Crippen LogP contribution is -2.51. The van der Waals surface area contributed by atoms with Gasteiger partial charge < -0.3 is 40.2 Å². The molecule has 18 nitrogen and oxygen atoms in total. The van der Waals surface area contributed by atoms with Crippen molar-refractivity contribution < 1.29 is 29.0 Å². The summed E-state index contributed by atoms with van der Waals surface area (Å²) in [5, 5.41) is 16.3. The number of H-pyrrole nitrogens is 2. The van der Waals surface area contributed by atoms with Gasteiger partial charge in [0, 0.05) is 24.2 Å². The topological polar surface area (TPSA) is 237 Å².